The molecular formula is C16H16N4O3. The summed E-state index contributed by atoms with van der Waals surface area (Å²) in [7, 11) is 0. The maximum Gasteiger partial charge on any atom is 0.358 e. The molecule has 0 spiro atoms. The predicted molar refractivity (Wildman–Crippen MR) is 83.4 cm³/mol. The smallest absolute Gasteiger partial charge is 0.358 e. The van der Waals surface area contributed by atoms with Crippen LogP contribution >= 0.6 is 0 Å². The van der Waals surface area contributed by atoms with E-state index in [1.165, 1.54) is 10.9 Å². The van der Waals surface area contributed by atoms with Crippen molar-refractivity contribution in [2.24, 2.45) is 5.92 Å². The van der Waals surface area contributed by atoms with E-state index >= 15 is 0 Å². The van der Waals surface area contributed by atoms with Crippen LogP contribution in [0, 0.1) is 5.92 Å². The topological polar surface area (TPSA) is 97.1 Å². The van der Waals surface area contributed by atoms with Crippen LogP contribution in [0.4, 0.5) is 5.69 Å². The fourth-order valence-corrected chi connectivity index (χ4v) is 2.53. The zero-order chi connectivity index (χ0) is 16.2. The molecule has 1 aromatic heterocycles. The third-order valence-corrected chi connectivity index (χ3v) is 3.67. The summed E-state index contributed by atoms with van der Waals surface area (Å²) in [5.74, 6) is -0.861. The third kappa shape index (κ3) is 3.63. The first-order chi connectivity index (χ1) is 11.1. The third-order valence-electron chi connectivity index (χ3n) is 3.67. The molecule has 0 saturated carbocycles. The van der Waals surface area contributed by atoms with Crippen molar-refractivity contribution < 1.29 is 14.7 Å². The number of carboxylic acids is 1. The molecule has 3 rings (SSSR count). The summed E-state index contributed by atoms with van der Waals surface area (Å²) in [6.45, 7) is 0. The number of carbonyl (C=O) groups excluding carboxylic acids is 1. The summed E-state index contributed by atoms with van der Waals surface area (Å²) >= 11 is 0. The Kier molecular flexibility index (Phi) is 4.18. The van der Waals surface area contributed by atoms with Gasteiger partial charge in [0.15, 0.2) is 5.69 Å². The zero-order valence-corrected chi connectivity index (χ0v) is 12.3. The molecular weight excluding hydrogens is 296 g/mol. The Morgan fingerprint density at radius 3 is 2.96 bits per heavy atom. The second kappa shape index (κ2) is 6.43. The van der Waals surface area contributed by atoms with Gasteiger partial charge >= 0.3 is 5.97 Å². The number of rotatable bonds is 5. The number of hydrogen-bond acceptors (Lipinski definition) is 4. The minimum atomic E-state index is -1.13. The lowest BCUT2D eigenvalue weighted by molar-refractivity contribution is -0.116. The van der Waals surface area contributed by atoms with Gasteiger partial charge in [0.1, 0.15) is 0 Å². The molecule has 0 bridgehead atoms. The van der Waals surface area contributed by atoms with Gasteiger partial charge in [-0.1, -0.05) is 23.4 Å². The van der Waals surface area contributed by atoms with Crippen LogP contribution in [0.3, 0.4) is 0 Å². The molecule has 118 valence electrons. The van der Waals surface area contributed by atoms with Crippen molar-refractivity contribution in [3.63, 3.8) is 0 Å². The van der Waals surface area contributed by atoms with E-state index in [1.807, 2.05) is 0 Å². The van der Waals surface area contributed by atoms with E-state index in [4.69, 9.17) is 5.11 Å². The highest BCUT2D eigenvalue weighted by Crippen LogP contribution is 2.21. The maximum atomic E-state index is 12.1. The van der Waals surface area contributed by atoms with Crippen molar-refractivity contribution in [2.75, 3.05) is 5.32 Å². The van der Waals surface area contributed by atoms with E-state index in [2.05, 4.69) is 27.8 Å². The van der Waals surface area contributed by atoms with Crippen LogP contribution in [0.5, 0.6) is 0 Å². The van der Waals surface area contributed by atoms with Crippen molar-refractivity contribution in [3.05, 3.63) is 48.3 Å². The van der Waals surface area contributed by atoms with Gasteiger partial charge in [0.2, 0.25) is 5.91 Å². The zero-order valence-electron chi connectivity index (χ0n) is 12.3. The first-order valence-electron chi connectivity index (χ1n) is 7.34. The van der Waals surface area contributed by atoms with Gasteiger partial charge in [-0.3, -0.25) is 4.79 Å². The number of aromatic carboxylic acids is 1. The van der Waals surface area contributed by atoms with Gasteiger partial charge < -0.3 is 10.4 Å². The van der Waals surface area contributed by atoms with Crippen molar-refractivity contribution in [2.45, 2.75) is 19.3 Å². The number of allylic oxidation sites excluding steroid dienone is 2. The SMILES string of the molecule is O=C(CC1C=CCC1)Nc1cccc(-n2cc(C(=O)O)nn2)c1. The van der Waals surface area contributed by atoms with E-state index in [9.17, 15) is 9.59 Å². The number of carboxylic acid groups (broad SMARTS) is 1. The highest BCUT2D eigenvalue weighted by Gasteiger charge is 2.14. The average molecular weight is 312 g/mol. The second-order valence-electron chi connectivity index (χ2n) is 5.42. The molecule has 1 aliphatic rings. The number of amides is 1. The molecule has 23 heavy (non-hydrogen) atoms. The van der Waals surface area contributed by atoms with Gasteiger partial charge in [0, 0.05) is 12.1 Å². The minimum absolute atomic E-state index is 0.0384. The number of carbonyl (C=O) groups is 2. The van der Waals surface area contributed by atoms with Crippen LogP contribution in [0.25, 0.3) is 5.69 Å². The first kappa shape index (κ1) is 15.0. The van der Waals surface area contributed by atoms with Crippen molar-refractivity contribution in [1.82, 2.24) is 15.0 Å². The fourth-order valence-electron chi connectivity index (χ4n) is 2.53. The molecule has 7 heteroatoms. The van der Waals surface area contributed by atoms with Crippen molar-refractivity contribution in [1.29, 1.82) is 0 Å². The van der Waals surface area contributed by atoms with Crippen LogP contribution in [0.2, 0.25) is 0 Å². The predicted octanol–water partition coefficient (Wildman–Crippen LogP) is 2.26. The van der Waals surface area contributed by atoms with Crippen LogP contribution in [-0.2, 0) is 4.79 Å². The Balaban J connectivity index is 1.70. The van der Waals surface area contributed by atoms with E-state index in [0.29, 0.717) is 23.7 Å². The number of aromatic nitrogens is 3. The molecule has 1 aromatic carbocycles. The summed E-state index contributed by atoms with van der Waals surface area (Å²) < 4.78 is 1.36. The Morgan fingerprint density at radius 1 is 1.39 bits per heavy atom. The van der Waals surface area contributed by atoms with E-state index in [1.54, 1.807) is 24.3 Å². The van der Waals surface area contributed by atoms with Crippen molar-refractivity contribution >= 4 is 17.6 Å². The summed E-state index contributed by atoms with van der Waals surface area (Å²) in [4.78, 5) is 22.9. The molecule has 1 aliphatic carbocycles. The van der Waals surface area contributed by atoms with Crippen LogP contribution < -0.4 is 5.32 Å². The van der Waals surface area contributed by atoms with Crippen LogP contribution in [0.1, 0.15) is 29.8 Å². The van der Waals surface area contributed by atoms with Gasteiger partial charge in [-0.2, -0.15) is 0 Å². The van der Waals surface area contributed by atoms with Gasteiger partial charge in [0.25, 0.3) is 0 Å². The van der Waals surface area contributed by atoms with Crippen LogP contribution in [0.15, 0.2) is 42.6 Å². The Morgan fingerprint density at radius 2 is 2.26 bits per heavy atom. The number of benzene rings is 1. The molecule has 2 aromatic rings. The monoisotopic (exact) mass is 312 g/mol. The summed E-state index contributed by atoms with van der Waals surface area (Å²) in [6.07, 6.45) is 8.03. The molecule has 1 heterocycles. The average Bonchev–Trinajstić information content (AvgIpc) is 3.18. The normalized spacial score (nSPS) is 16.4. The number of nitrogens with zero attached hydrogens (tertiary/aromatic N) is 3. The molecule has 1 unspecified atom stereocenters. The van der Waals surface area contributed by atoms with E-state index < -0.39 is 5.97 Å². The molecule has 0 saturated heterocycles. The Bertz CT molecular complexity index is 766. The number of hydrogen-bond donors (Lipinski definition) is 2. The van der Waals surface area contributed by atoms with Gasteiger partial charge in [-0.05, 0) is 37.0 Å². The summed E-state index contributed by atoms with van der Waals surface area (Å²) in [5, 5.41) is 19.1. The van der Waals surface area contributed by atoms with Crippen LogP contribution in [-0.4, -0.2) is 32.0 Å². The number of anilines is 1. The Hall–Kier alpha value is -2.96. The van der Waals surface area contributed by atoms with Crippen molar-refractivity contribution in [3.8, 4) is 5.69 Å². The number of nitrogens with one attached hydrogen (secondary N) is 1. The molecule has 0 aliphatic heterocycles. The van der Waals surface area contributed by atoms with Gasteiger partial charge in [-0.15, -0.1) is 5.10 Å². The molecule has 1 amide bonds. The molecule has 1 atom stereocenters. The second-order valence-corrected chi connectivity index (χ2v) is 5.42. The van der Waals surface area contributed by atoms with Gasteiger partial charge in [0.05, 0.1) is 11.9 Å². The minimum Gasteiger partial charge on any atom is -0.476 e. The molecule has 7 nitrogen and oxygen atoms in total. The standard InChI is InChI=1S/C16H16N4O3/c21-15(8-11-4-1-2-5-11)17-12-6-3-7-13(9-12)20-10-14(16(22)23)18-19-20/h1,3-4,6-7,9-11H,2,5,8H2,(H,17,21)(H,22,23). The van der Waals surface area contributed by atoms with Gasteiger partial charge in [-0.25, -0.2) is 9.48 Å². The van der Waals surface area contributed by atoms with E-state index in [-0.39, 0.29) is 11.6 Å². The fraction of sp³-hybridized carbons (Fsp3) is 0.250. The quantitative estimate of drug-likeness (QED) is 0.825. The molecule has 2 N–H and O–H groups in total. The molecule has 0 fully saturated rings. The lowest BCUT2D eigenvalue weighted by Crippen LogP contribution is -2.15. The maximum absolute atomic E-state index is 12.1. The lowest BCUT2D eigenvalue weighted by Gasteiger charge is -2.09. The highest BCUT2D eigenvalue weighted by molar-refractivity contribution is 5.91. The summed E-state index contributed by atoms with van der Waals surface area (Å²) in [6, 6.07) is 7.03. The molecule has 0 radical (unpaired) electrons. The largest absolute Gasteiger partial charge is 0.476 e. The first-order valence-corrected chi connectivity index (χ1v) is 7.34. The lowest BCUT2D eigenvalue weighted by atomic mass is 10.1. The highest BCUT2D eigenvalue weighted by atomic mass is 16.4. The summed E-state index contributed by atoms with van der Waals surface area (Å²) in [5.41, 5.74) is 1.14. The Labute approximate surface area is 132 Å². The van der Waals surface area contributed by atoms with E-state index in [0.717, 1.165) is 12.8 Å².